The molecule has 2 aliphatic rings. The van der Waals surface area contributed by atoms with E-state index in [1.54, 1.807) is 7.11 Å². The minimum Gasteiger partial charge on any atom is -0.497 e. The number of carbonyl (C=O) groups is 2. The Morgan fingerprint density at radius 3 is 2.54 bits per heavy atom. The summed E-state index contributed by atoms with van der Waals surface area (Å²) in [6.07, 6.45) is 2.72. The molecule has 26 heavy (non-hydrogen) atoms. The molecule has 6 nitrogen and oxygen atoms in total. The summed E-state index contributed by atoms with van der Waals surface area (Å²) in [7, 11) is 1.62. The third-order valence-corrected chi connectivity index (χ3v) is 6.38. The smallest absolute Gasteiger partial charge is 0.307 e. The molecule has 1 aromatic carbocycles. The van der Waals surface area contributed by atoms with Crippen LogP contribution in [0.15, 0.2) is 29.6 Å². The van der Waals surface area contributed by atoms with Crippen LogP contribution in [0.3, 0.4) is 0 Å². The molecule has 4 atom stereocenters. The van der Waals surface area contributed by atoms with Gasteiger partial charge in [-0.3, -0.25) is 9.59 Å². The van der Waals surface area contributed by atoms with E-state index in [1.165, 1.54) is 11.3 Å². The molecule has 2 aromatic rings. The lowest BCUT2D eigenvalue weighted by Crippen LogP contribution is -2.37. The fourth-order valence-corrected chi connectivity index (χ4v) is 5.16. The van der Waals surface area contributed by atoms with Crippen LogP contribution in [0.1, 0.15) is 19.3 Å². The predicted octanol–water partition coefficient (Wildman–Crippen LogP) is 3.50. The van der Waals surface area contributed by atoms with Crippen molar-refractivity contribution in [2.24, 2.45) is 23.7 Å². The summed E-state index contributed by atoms with van der Waals surface area (Å²) in [6.45, 7) is 0. The monoisotopic (exact) mass is 372 g/mol. The molecule has 2 N–H and O–H groups in total. The summed E-state index contributed by atoms with van der Waals surface area (Å²) < 4.78 is 5.15. The first kappa shape index (κ1) is 17.0. The predicted molar refractivity (Wildman–Crippen MR) is 98.2 cm³/mol. The molecular weight excluding hydrogens is 352 g/mol. The van der Waals surface area contributed by atoms with Gasteiger partial charge in [-0.05, 0) is 55.4 Å². The number of aromatic nitrogens is 1. The number of aliphatic carboxylic acids is 1. The number of anilines is 1. The third-order valence-electron chi connectivity index (χ3n) is 5.62. The minimum atomic E-state index is -0.851. The van der Waals surface area contributed by atoms with Gasteiger partial charge in [-0.1, -0.05) is 0 Å². The van der Waals surface area contributed by atoms with Crippen LogP contribution in [0.4, 0.5) is 5.13 Å². The van der Waals surface area contributed by atoms with Crippen LogP contribution in [0, 0.1) is 23.7 Å². The lowest BCUT2D eigenvalue weighted by atomic mass is 9.79. The van der Waals surface area contributed by atoms with Crippen LogP contribution in [0.5, 0.6) is 5.75 Å². The Bertz CT molecular complexity index is 832. The molecule has 1 heterocycles. The van der Waals surface area contributed by atoms with Crippen molar-refractivity contribution in [2.75, 3.05) is 12.4 Å². The Hall–Kier alpha value is -2.41. The van der Waals surface area contributed by atoms with E-state index in [1.807, 2.05) is 29.6 Å². The lowest BCUT2D eigenvalue weighted by Gasteiger charge is -2.26. The van der Waals surface area contributed by atoms with Crippen molar-refractivity contribution < 1.29 is 19.4 Å². The first-order chi connectivity index (χ1) is 12.6. The van der Waals surface area contributed by atoms with Gasteiger partial charge in [-0.15, -0.1) is 11.3 Å². The number of carboxylic acid groups (broad SMARTS) is 1. The van der Waals surface area contributed by atoms with E-state index in [2.05, 4.69) is 10.3 Å². The highest BCUT2D eigenvalue weighted by Crippen LogP contribution is 2.52. The zero-order valence-electron chi connectivity index (χ0n) is 14.3. The molecular formula is C19H20N2O4S. The first-order valence-electron chi connectivity index (χ1n) is 8.70. The molecule has 2 fully saturated rings. The maximum atomic E-state index is 12.7. The number of rotatable bonds is 5. The van der Waals surface area contributed by atoms with E-state index < -0.39 is 17.8 Å². The molecule has 1 amide bonds. The van der Waals surface area contributed by atoms with Gasteiger partial charge in [0, 0.05) is 10.9 Å². The van der Waals surface area contributed by atoms with Crippen molar-refractivity contribution in [3.8, 4) is 17.0 Å². The summed E-state index contributed by atoms with van der Waals surface area (Å²) >= 11 is 1.35. The molecule has 1 aromatic heterocycles. The maximum absolute atomic E-state index is 12.7. The fourth-order valence-electron chi connectivity index (χ4n) is 4.44. The first-order valence-corrected chi connectivity index (χ1v) is 9.58. The second-order valence-electron chi connectivity index (χ2n) is 6.98. The lowest BCUT2D eigenvalue weighted by molar-refractivity contribution is -0.148. The zero-order chi connectivity index (χ0) is 18.3. The molecule has 4 rings (SSSR count). The van der Waals surface area contributed by atoms with E-state index in [9.17, 15) is 14.7 Å². The number of methoxy groups -OCH3 is 1. The van der Waals surface area contributed by atoms with Crippen LogP contribution in [-0.4, -0.2) is 29.1 Å². The zero-order valence-corrected chi connectivity index (χ0v) is 15.2. The maximum Gasteiger partial charge on any atom is 0.307 e. The molecule has 2 bridgehead atoms. The van der Waals surface area contributed by atoms with Crippen LogP contribution in [0.25, 0.3) is 11.3 Å². The Morgan fingerprint density at radius 2 is 1.88 bits per heavy atom. The molecule has 4 unspecified atom stereocenters. The number of thiazole rings is 1. The Kier molecular flexibility index (Phi) is 4.40. The van der Waals surface area contributed by atoms with E-state index in [4.69, 9.17) is 4.74 Å². The van der Waals surface area contributed by atoms with Crippen LogP contribution in [-0.2, 0) is 9.59 Å². The number of hydrogen-bond donors (Lipinski definition) is 2. The van der Waals surface area contributed by atoms with Gasteiger partial charge in [0.1, 0.15) is 5.75 Å². The van der Waals surface area contributed by atoms with Gasteiger partial charge >= 0.3 is 5.97 Å². The molecule has 2 saturated carbocycles. The molecule has 136 valence electrons. The number of carboxylic acids is 1. The van der Waals surface area contributed by atoms with E-state index in [-0.39, 0.29) is 17.7 Å². The highest BCUT2D eigenvalue weighted by molar-refractivity contribution is 7.14. The highest BCUT2D eigenvalue weighted by atomic mass is 32.1. The van der Waals surface area contributed by atoms with E-state index in [0.29, 0.717) is 5.13 Å². The summed E-state index contributed by atoms with van der Waals surface area (Å²) in [5.41, 5.74) is 1.71. The molecule has 7 heteroatoms. The van der Waals surface area contributed by atoms with Gasteiger partial charge in [0.2, 0.25) is 5.91 Å². The van der Waals surface area contributed by atoms with Crippen LogP contribution < -0.4 is 10.1 Å². The Balaban J connectivity index is 1.48. The van der Waals surface area contributed by atoms with E-state index >= 15 is 0 Å². The van der Waals surface area contributed by atoms with Crippen molar-refractivity contribution in [1.82, 2.24) is 4.98 Å². The summed E-state index contributed by atoms with van der Waals surface area (Å²) in [5, 5.41) is 14.7. The van der Waals surface area contributed by atoms with Crippen molar-refractivity contribution in [2.45, 2.75) is 19.3 Å². The van der Waals surface area contributed by atoms with Gasteiger partial charge in [0.05, 0.1) is 24.6 Å². The van der Waals surface area contributed by atoms with Crippen LogP contribution in [0.2, 0.25) is 0 Å². The van der Waals surface area contributed by atoms with Crippen molar-refractivity contribution in [1.29, 1.82) is 0 Å². The fraction of sp³-hybridized carbons (Fsp3) is 0.421. The second-order valence-corrected chi connectivity index (χ2v) is 7.84. The largest absolute Gasteiger partial charge is 0.497 e. The van der Waals surface area contributed by atoms with Crippen molar-refractivity contribution in [3.05, 3.63) is 29.6 Å². The van der Waals surface area contributed by atoms with E-state index in [0.717, 1.165) is 36.3 Å². The summed E-state index contributed by atoms with van der Waals surface area (Å²) in [6, 6.07) is 7.55. The van der Waals surface area contributed by atoms with Gasteiger partial charge in [0.15, 0.2) is 5.13 Å². The molecule has 0 saturated heterocycles. The standard InChI is InChI=1S/C19H20N2O4S/c1-25-13-6-4-10(5-7-13)14-9-26-19(20-14)21-17(22)15-11-2-3-12(8-11)16(15)18(23)24/h4-7,9,11-12,15-16H,2-3,8H2,1H3,(H,23,24)(H,20,21,22). The Morgan fingerprint density at radius 1 is 1.19 bits per heavy atom. The SMILES string of the molecule is COc1ccc(-c2csc(NC(=O)C3C4CCC(C4)C3C(=O)O)n2)cc1. The van der Waals surface area contributed by atoms with Gasteiger partial charge in [0.25, 0.3) is 0 Å². The van der Waals surface area contributed by atoms with Crippen LogP contribution >= 0.6 is 11.3 Å². The average molecular weight is 372 g/mol. The number of fused-ring (bicyclic) bond motifs is 2. The molecule has 0 aliphatic heterocycles. The number of benzene rings is 1. The van der Waals surface area contributed by atoms with Gasteiger partial charge in [-0.25, -0.2) is 4.98 Å². The van der Waals surface area contributed by atoms with Crippen molar-refractivity contribution in [3.63, 3.8) is 0 Å². The summed E-state index contributed by atoms with van der Waals surface area (Å²) in [5.74, 6) is -0.972. The minimum absolute atomic E-state index is 0.138. The quantitative estimate of drug-likeness (QED) is 0.838. The number of nitrogens with one attached hydrogen (secondary N) is 1. The highest BCUT2D eigenvalue weighted by Gasteiger charge is 2.54. The molecule has 2 aliphatic carbocycles. The number of ether oxygens (including phenoxy) is 1. The normalized spacial score (nSPS) is 26.7. The average Bonchev–Trinajstić information content (AvgIpc) is 3.37. The number of nitrogens with zero attached hydrogens (tertiary/aromatic N) is 1. The Labute approximate surface area is 155 Å². The topological polar surface area (TPSA) is 88.5 Å². The molecule has 0 radical (unpaired) electrons. The third kappa shape index (κ3) is 2.96. The van der Waals surface area contributed by atoms with Crippen molar-refractivity contribution >= 4 is 28.3 Å². The number of hydrogen-bond acceptors (Lipinski definition) is 5. The van der Waals surface area contributed by atoms with Gasteiger partial charge in [-0.2, -0.15) is 0 Å². The second kappa shape index (κ2) is 6.72. The number of amides is 1. The van der Waals surface area contributed by atoms with Gasteiger partial charge < -0.3 is 15.2 Å². The number of carbonyl (C=O) groups excluding carboxylic acids is 1. The molecule has 0 spiro atoms. The summed E-state index contributed by atoms with van der Waals surface area (Å²) in [4.78, 5) is 28.8.